The van der Waals surface area contributed by atoms with Crippen LogP contribution in [0.5, 0.6) is 0 Å². The second kappa shape index (κ2) is 8.92. The van der Waals surface area contributed by atoms with E-state index < -0.39 is 0 Å². The number of nitrogens with zero attached hydrogens (tertiary/aromatic N) is 2. The number of furan rings is 1. The molecular weight excluding hydrogens is 382 g/mol. The molecule has 2 heterocycles. The number of fused-ring (bicyclic) bond motifs is 1. The monoisotopic (exact) mass is 403 g/mol. The smallest absolute Gasteiger partial charge is 0.230 e. The average Bonchev–Trinajstić information content (AvgIpc) is 3.28. The molecule has 0 fully saturated rings. The number of aryl methyl sites for hydroxylation is 1. The van der Waals surface area contributed by atoms with Crippen molar-refractivity contribution in [1.29, 1.82) is 0 Å². The summed E-state index contributed by atoms with van der Waals surface area (Å²) in [4.78, 5) is 21.6. The molecule has 0 aliphatic heterocycles. The highest BCUT2D eigenvalue weighted by molar-refractivity contribution is 8.00. The maximum atomic E-state index is 12.3. The van der Waals surface area contributed by atoms with Crippen molar-refractivity contribution >= 4 is 28.6 Å². The summed E-state index contributed by atoms with van der Waals surface area (Å²) in [5, 5.41) is 4.70. The lowest BCUT2D eigenvalue weighted by atomic mass is 10.1. The molecule has 0 aliphatic carbocycles. The van der Waals surface area contributed by atoms with Crippen LogP contribution in [0.1, 0.15) is 11.1 Å². The van der Waals surface area contributed by atoms with Crippen molar-refractivity contribution < 1.29 is 9.21 Å². The van der Waals surface area contributed by atoms with Crippen molar-refractivity contribution in [2.24, 2.45) is 0 Å². The molecule has 29 heavy (non-hydrogen) atoms. The van der Waals surface area contributed by atoms with Gasteiger partial charge in [-0.3, -0.25) is 4.79 Å². The number of aromatic nitrogens is 2. The first-order valence-corrected chi connectivity index (χ1v) is 10.4. The van der Waals surface area contributed by atoms with Gasteiger partial charge in [0.2, 0.25) is 5.91 Å². The first-order valence-electron chi connectivity index (χ1n) is 9.45. The molecule has 0 spiro atoms. The van der Waals surface area contributed by atoms with Crippen LogP contribution >= 0.6 is 11.8 Å². The zero-order chi connectivity index (χ0) is 20.1. The van der Waals surface area contributed by atoms with Gasteiger partial charge in [0.05, 0.1) is 17.5 Å². The number of carbonyl (C=O) groups excluding carboxylic acids is 1. The summed E-state index contributed by atoms with van der Waals surface area (Å²) in [5.74, 6) is 1.43. The van der Waals surface area contributed by atoms with Crippen LogP contribution in [0.4, 0.5) is 0 Å². The zero-order valence-corrected chi connectivity index (χ0v) is 16.9. The maximum Gasteiger partial charge on any atom is 0.230 e. The van der Waals surface area contributed by atoms with E-state index in [9.17, 15) is 4.79 Å². The number of carbonyl (C=O) groups is 1. The van der Waals surface area contributed by atoms with Crippen molar-refractivity contribution in [3.8, 4) is 11.6 Å². The molecule has 5 nitrogen and oxygen atoms in total. The Balaban J connectivity index is 1.42. The molecule has 0 radical (unpaired) electrons. The number of thioether (sulfide) groups is 1. The Morgan fingerprint density at radius 2 is 1.86 bits per heavy atom. The highest BCUT2D eigenvalue weighted by atomic mass is 32.2. The summed E-state index contributed by atoms with van der Waals surface area (Å²) < 4.78 is 5.44. The normalized spacial score (nSPS) is 10.9. The third-order valence-electron chi connectivity index (χ3n) is 4.63. The van der Waals surface area contributed by atoms with E-state index in [1.54, 1.807) is 6.26 Å². The first kappa shape index (κ1) is 19.2. The predicted octanol–water partition coefficient (Wildman–Crippen LogP) is 4.65. The Labute approximate surface area is 173 Å². The summed E-state index contributed by atoms with van der Waals surface area (Å²) in [6.07, 6.45) is 2.42. The molecule has 0 aliphatic rings. The van der Waals surface area contributed by atoms with Gasteiger partial charge in [0.1, 0.15) is 5.03 Å². The van der Waals surface area contributed by atoms with Crippen LogP contribution in [0.25, 0.3) is 22.5 Å². The SMILES string of the molecule is Cc1ccccc1CCNC(=O)CSc1nc(-c2ccco2)nc2ccccc12. The van der Waals surface area contributed by atoms with Crippen LogP contribution in [0.15, 0.2) is 76.4 Å². The summed E-state index contributed by atoms with van der Waals surface area (Å²) >= 11 is 1.41. The van der Waals surface area contributed by atoms with Gasteiger partial charge in [0.25, 0.3) is 0 Å². The Bertz CT molecular complexity index is 1130. The number of amides is 1. The van der Waals surface area contributed by atoms with E-state index >= 15 is 0 Å². The molecule has 0 unspecified atom stereocenters. The fourth-order valence-electron chi connectivity index (χ4n) is 3.09. The van der Waals surface area contributed by atoms with Crippen LogP contribution < -0.4 is 5.32 Å². The minimum Gasteiger partial charge on any atom is -0.461 e. The topological polar surface area (TPSA) is 68.0 Å². The van der Waals surface area contributed by atoms with Crippen LogP contribution in [-0.2, 0) is 11.2 Å². The molecule has 6 heteroatoms. The van der Waals surface area contributed by atoms with Crippen molar-refractivity contribution in [2.75, 3.05) is 12.3 Å². The van der Waals surface area contributed by atoms with Crippen LogP contribution in [0.2, 0.25) is 0 Å². The van der Waals surface area contributed by atoms with Gasteiger partial charge >= 0.3 is 0 Å². The van der Waals surface area contributed by atoms with E-state index in [1.807, 2.05) is 48.5 Å². The van der Waals surface area contributed by atoms with Gasteiger partial charge in [0.15, 0.2) is 11.6 Å². The molecule has 0 saturated heterocycles. The van der Waals surface area contributed by atoms with Gasteiger partial charge in [-0.15, -0.1) is 0 Å². The molecule has 0 atom stereocenters. The third-order valence-corrected chi connectivity index (χ3v) is 5.62. The molecule has 2 aromatic heterocycles. The molecule has 0 saturated carbocycles. The maximum absolute atomic E-state index is 12.3. The number of hydrogen-bond acceptors (Lipinski definition) is 5. The molecule has 1 amide bonds. The number of nitrogens with one attached hydrogen (secondary N) is 1. The van der Waals surface area contributed by atoms with Crippen molar-refractivity contribution in [1.82, 2.24) is 15.3 Å². The predicted molar refractivity (Wildman–Crippen MR) is 116 cm³/mol. The molecule has 2 aromatic carbocycles. The Kier molecular flexibility index (Phi) is 5.91. The van der Waals surface area contributed by atoms with Crippen LogP contribution in [0.3, 0.4) is 0 Å². The number of rotatable bonds is 7. The van der Waals surface area contributed by atoms with Crippen LogP contribution in [-0.4, -0.2) is 28.2 Å². The van der Waals surface area contributed by atoms with Gasteiger partial charge in [-0.25, -0.2) is 9.97 Å². The van der Waals surface area contributed by atoms with E-state index in [-0.39, 0.29) is 5.91 Å². The van der Waals surface area contributed by atoms with Crippen molar-refractivity contribution in [2.45, 2.75) is 18.4 Å². The van der Waals surface area contributed by atoms with Crippen molar-refractivity contribution in [3.63, 3.8) is 0 Å². The molecule has 0 bridgehead atoms. The van der Waals surface area contributed by atoms with Gasteiger partial charge in [-0.05, 0) is 42.7 Å². The molecule has 4 rings (SSSR count). The van der Waals surface area contributed by atoms with E-state index in [4.69, 9.17) is 4.42 Å². The van der Waals surface area contributed by atoms with Gasteiger partial charge < -0.3 is 9.73 Å². The number of para-hydroxylation sites is 1. The second-order valence-electron chi connectivity index (χ2n) is 6.66. The van der Waals surface area contributed by atoms with Crippen molar-refractivity contribution in [3.05, 3.63) is 78.1 Å². The molecule has 1 N–H and O–H groups in total. The summed E-state index contributed by atoms with van der Waals surface area (Å²) in [6.45, 7) is 2.70. The highest BCUT2D eigenvalue weighted by Gasteiger charge is 2.13. The van der Waals surface area contributed by atoms with Crippen LogP contribution in [0, 0.1) is 6.92 Å². The second-order valence-corrected chi connectivity index (χ2v) is 7.63. The Morgan fingerprint density at radius 1 is 1.03 bits per heavy atom. The molecule has 4 aromatic rings. The van der Waals surface area contributed by atoms with E-state index in [1.165, 1.54) is 22.9 Å². The summed E-state index contributed by atoms with van der Waals surface area (Å²) in [6, 6.07) is 19.7. The molecule has 146 valence electrons. The Hall–Kier alpha value is -3.12. The number of hydrogen-bond donors (Lipinski definition) is 1. The standard InChI is InChI=1S/C23H21N3O2S/c1-16-7-2-3-8-17(16)12-13-24-21(27)15-29-23-18-9-4-5-10-19(18)25-22(26-23)20-11-6-14-28-20/h2-11,14H,12-13,15H2,1H3,(H,24,27). The van der Waals surface area contributed by atoms with E-state index in [2.05, 4.69) is 34.3 Å². The van der Waals surface area contributed by atoms with Gasteiger partial charge in [-0.2, -0.15) is 0 Å². The lowest BCUT2D eigenvalue weighted by Crippen LogP contribution is -2.27. The first-order chi connectivity index (χ1) is 14.2. The highest BCUT2D eigenvalue weighted by Crippen LogP contribution is 2.28. The van der Waals surface area contributed by atoms with Gasteiger partial charge in [-0.1, -0.05) is 54.2 Å². The molecular formula is C23H21N3O2S. The lowest BCUT2D eigenvalue weighted by molar-refractivity contribution is -0.118. The minimum atomic E-state index is -0.00849. The quantitative estimate of drug-likeness (QED) is 0.359. The largest absolute Gasteiger partial charge is 0.461 e. The minimum absolute atomic E-state index is 0.00849. The fraction of sp³-hybridized carbons (Fsp3) is 0.174. The summed E-state index contributed by atoms with van der Waals surface area (Å²) in [7, 11) is 0. The third kappa shape index (κ3) is 4.66. The number of benzene rings is 2. The van der Waals surface area contributed by atoms with E-state index in [0.29, 0.717) is 23.9 Å². The lowest BCUT2D eigenvalue weighted by Gasteiger charge is -2.09. The van der Waals surface area contributed by atoms with E-state index in [0.717, 1.165) is 22.3 Å². The summed E-state index contributed by atoms with van der Waals surface area (Å²) in [5.41, 5.74) is 3.33. The van der Waals surface area contributed by atoms with Gasteiger partial charge in [0, 0.05) is 11.9 Å². The average molecular weight is 404 g/mol. The zero-order valence-electron chi connectivity index (χ0n) is 16.1. The Morgan fingerprint density at radius 3 is 2.69 bits per heavy atom. The fourth-order valence-corrected chi connectivity index (χ4v) is 3.93.